The number of pyridine rings is 1. The lowest BCUT2D eigenvalue weighted by molar-refractivity contribution is 0.100. The number of carbonyl (C=O) groups excluding carboxylic acids is 1. The number of hydrogen-bond donors (Lipinski definition) is 2. The molecule has 0 aliphatic heterocycles. The van der Waals surface area contributed by atoms with Gasteiger partial charge < -0.3 is 16.0 Å². The zero-order valence-corrected chi connectivity index (χ0v) is 18.4. The number of nitrogens with one attached hydrogen (secondary N) is 1. The molecule has 154 valence electrons. The van der Waals surface area contributed by atoms with E-state index in [1.165, 1.54) is 11.3 Å². The van der Waals surface area contributed by atoms with Crippen LogP contribution in [0.2, 0.25) is 5.15 Å². The van der Waals surface area contributed by atoms with Crippen LogP contribution < -0.4 is 16.0 Å². The molecular formula is C21H21ClN6OS. The fourth-order valence-electron chi connectivity index (χ4n) is 3.42. The summed E-state index contributed by atoms with van der Waals surface area (Å²) in [6, 6.07) is 9.65. The number of hydrogen-bond acceptors (Lipinski definition) is 7. The first-order chi connectivity index (χ1) is 14.4. The van der Waals surface area contributed by atoms with Crippen LogP contribution in [0.1, 0.15) is 23.0 Å². The molecular weight excluding hydrogens is 420 g/mol. The number of anilines is 2. The molecule has 0 aliphatic rings. The summed E-state index contributed by atoms with van der Waals surface area (Å²) in [4.78, 5) is 19.3. The minimum absolute atomic E-state index is 0.308. The zero-order valence-electron chi connectivity index (χ0n) is 16.9. The summed E-state index contributed by atoms with van der Waals surface area (Å²) >= 11 is 7.50. The standard InChI is InChI=1S/C21H21ClN6OS/c1-4-9-24-18-17-11-5-6-14(12-10-16(22)26-27-21(12)28(2)3)25-13(11)7-8-15(17)30-19(18)20(23)29/h5-8,10,24H,4,9H2,1-3H3,(H2,23,29). The summed E-state index contributed by atoms with van der Waals surface area (Å²) in [5.74, 6) is 0.254. The number of rotatable bonds is 6. The molecule has 0 saturated carbocycles. The van der Waals surface area contributed by atoms with Crippen molar-refractivity contribution in [1.29, 1.82) is 0 Å². The lowest BCUT2D eigenvalue weighted by Crippen LogP contribution is -2.13. The molecule has 3 aromatic heterocycles. The largest absolute Gasteiger partial charge is 0.383 e. The van der Waals surface area contributed by atoms with Gasteiger partial charge in [0.25, 0.3) is 5.91 Å². The highest BCUT2D eigenvalue weighted by atomic mass is 35.5. The molecule has 1 amide bonds. The van der Waals surface area contributed by atoms with Gasteiger partial charge in [0.15, 0.2) is 11.0 Å². The number of thiophene rings is 1. The van der Waals surface area contributed by atoms with Gasteiger partial charge in [0, 0.05) is 41.7 Å². The number of aromatic nitrogens is 3. The molecule has 4 rings (SSSR count). The van der Waals surface area contributed by atoms with Crippen molar-refractivity contribution in [3.63, 3.8) is 0 Å². The maximum absolute atomic E-state index is 12.0. The molecule has 0 radical (unpaired) electrons. The van der Waals surface area contributed by atoms with E-state index in [2.05, 4.69) is 22.4 Å². The fourth-order valence-corrected chi connectivity index (χ4v) is 4.62. The number of fused-ring (bicyclic) bond motifs is 3. The maximum atomic E-state index is 12.0. The first-order valence-electron chi connectivity index (χ1n) is 9.51. The van der Waals surface area contributed by atoms with Gasteiger partial charge in [-0.25, -0.2) is 4.98 Å². The molecule has 30 heavy (non-hydrogen) atoms. The quantitative estimate of drug-likeness (QED) is 0.456. The molecule has 0 saturated heterocycles. The van der Waals surface area contributed by atoms with Crippen LogP contribution >= 0.6 is 22.9 Å². The molecule has 0 spiro atoms. The Morgan fingerprint density at radius 3 is 2.73 bits per heavy atom. The van der Waals surface area contributed by atoms with E-state index in [1.807, 2.05) is 43.3 Å². The van der Waals surface area contributed by atoms with Crippen LogP contribution in [0.5, 0.6) is 0 Å². The Kier molecular flexibility index (Phi) is 5.44. The van der Waals surface area contributed by atoms with Crippen LogP contribution in [0.25, 0.3) is 32.2 Å². The Morgan fingerprint density at radius 2 is 2.03 bits per heavy atom. The minimum atomic E-state index is -0.430. The Hall–Kier alpha value is -2.97. The van der Waals surface area contributed by atoms with Crippen LogP contribution in [0.3, 0.4) is 0 Å². The molecule has 9 heteroatoms. The monoisotopic (exact) mass is 440 g/mol. The summed E-state index contributed by atoms with van der Waals surface area (Å²) in [7, 11) is 3.79. The van der Waals surface area contributed by atoms with E-state index < -0.39 is 5.91 Å². The van der Waals surface area contributed by atoms with E-state index in [0.717, 1.165) is 50.9 Å². The van der Waals surface area contributed by atoms with Crippen LogP contribution in [-0.2, 0) is 0 Å². The highest BCUT2D eigenvalue weighted by molar-refractivity contribution is 7.21. The zero-order chi connectivity index (χ0) is 21.4. The average Bonchev–Trinajstić information content (AvgIpc) is 3.10. The predicted octanol–water partition coefficient (Wildman–Crippen LogP) is 4.55. The number of halogens is 1. The lowest BCUT2D eigenvalue weighted by Gasteiger charge is -2.15. The summed E-state index contributed by atoms with van der Waals surface area (Å²) in [6.45, 7) is 2.83. The number of carbonyl (C=O) groups is 1. The minimum Gasteiger partial charge on any atom is -0.383 e. The van der Waals surface area contributed by atoms with E-state index in [9.17, 15) is 4.79 Å². The fraction of sp³-hybridized carbons (Fsp3) is 0.238. The van der Waals surface area contributed by atoms with Gasteiger partial charge in [-0.15, -0.1) is 21.5 Å². The first-order valence-corrected chi connectivity index (χ1v) is 10.7. The highest BCUT2D eigenvalue weighted by Gasteiger charge is 2.19. The Bertz CT molecular complexity index is 1270. The van der Waals surface area contributed by atoms with Crippen molar-refractivity contribution in [3.05, 3.63) is 40.4 Å². The van der Waals surface area contributed by atoms with Gasteiger partial charge in [-0.3, -0.25) is 4.79 Å². The molecule has 7 nitrogen and oxygen atoms in total. The van der Waals surface area contributed by atoms with E-state index in [0.29, 0.717) is 15.8 Å². The summed E-state index contributed by atoms with van der Waals surface area (Å²) in [5.41, 5.74) is 8.78. The Labute approximate surface area is 182 Å². The second-order valence-electron chi connectivity index (χ2n) is 7.10. The number of nitrogens with two attached hydrogens (primary N) is 1. The van der Waals surface area contributed by atoms with Crippen molar-refractivity contribution < 1.29 is 4.79 Å². The van der Waals surface area contributed by atoms with Crippen LogP contribution in [0.15, 0.2) is 30.3 Å². The molecule has 0 atom stereocenters. The second kappa shape index (κ2) is 8.04. The SMILES string of the molecule is CCCNc1c(C(N)=O)sc2ccc3nc(-c4cc(Cl)nnc4N(C)C)ccc3c12. The normalized spacial score (nSPS) is 11.2. The van der Waals surface area contributed by atoms with E-state index in [1.54, 1.807) is 6.07 Å². The maximum Gasteiger partial charge on any atom is 0.260 e. The van der Waals surface area contributed by atoms with Gasteiger partial charge in [0.1, 0.15) is 4.88 Å². The predicted molar refractivity (Wildman–Crippen MR) is 125 cm³/mol. The van der Waals surface area contributed by atoms with Crippen molar-refractivity contribution in [2.24, 2.45) is 5.73 Å². The van der Waals surface area contributed by atoms with Crippen molar-refractivity contribution >= 4 is 61.3 Å². The Balaban J connectivity index is 1.95. The molecule has 0 aliphatic carbocycles. The molecule has 0 fully saturated rings. The summed E-state index contributed by atoms with van der Waals surface area (Å²) < 4.78 is 0.993. The van der Waals surface area contributed by atoms with Gasteiger partial charge in [-0.2, -0.15) is 0 Å². The summed E-state index contributed by atoms with van der Waals surface area (Å²) in [5, 5.41) is 13.8. The van der Waals surface area contributed by atoms with Gasteiger partial charge in [0.2, 0.25) is 0 Å². The summed E-state index contributed by atoms with van der Waals surface area (Å²) in [6.07, 6.45) is 0.936. The third-order valence-corrected chi connectivity index (χ3v) is 6.10. The number of amides is 1. The first kappa shape index (κ1) is 20.3. The molecule has 3 N–H and O–H groups in total. The van der Waals surface area contributed by atoms with Gasteiger partial charge in [0.05, 0.1) is 16.9 Å². The molecule has 0 unspecified atom stereocenters. The number of nitrogens with zero attached hydrogens (tertiary/aromatic N) is 4. The molecule has 1 aromatic carbocycles. The van der Waals surface area contributed by atoms with E-state index in [4.69, 9.17) is 22.3 Å². The van der Waals surface area contributed by atoms with Crippen molar-refractivity contribution in [2.75, 3.05) is 30.9 Å². The third-order valence-electron chi connectivity index (χ3n) is 4.74. The van der Waals surface area contributed by atoms with E-state index >= 15 is 0 Å². The number of primary amides is 1. The lowest BCUT2D eigenvalue weighted by atomic mass is 10.1. The van der Waals surface area contributed by atoms with Gasteiger partial charge in [-0.1, -0.05) is 18.5 Å². The average molecular weight is 441 g/mol. The molecule has 3 heterocycles. The number of benzene rings is 1. The van der Waals surface area contributed by atoms with Crippen LogP contribution in [-0.4, -0.2) is 41.7 Å². The second-order valence-corrected chi connectivity index (χ2v) is 8.54. The van der Waals surface area contributed by atoms with Crippen molar-refractivity contribution in [1.82, 2.24) is 15.2 Å². The van der Waals surface area contributed by atoms with Crippen LogP contribution in [0, 0.1) is 0 Å². The van der Waals surface area contributed by atoms with Crippen LogP contribution in [0.4, 0.5) is 11.5 Å². The molecule has 0 bridgehead atoms. The smallest absolute Gasteiger partial charge is 0.260 e. The van der Waals surface area contributed by atoms with Gasteiger partial charge in [-0.05, 0) is 36.8 Å². The van der Waals surface area contributed by atoms with Gasteiger partial charge >= 0.3 is 0 Å². The third kappa shape index (κ3) is 3.53. The Morgan fingerprint density at radius 1 is 1.23 bits per heavy atom. The highest BCUT2D eigenvalue weighted by Crippen LogP contribution is 2.40. The van der Waals surface area contributed by atoms with Crippen molar-refractivity contribution in [3.8, 4) is 11.3 Å². The molecule has 4 aromatic rings. The topological polar surface area (TPSA) is 97.0 Å². The van der Waals surface area contributed by atoms with E-state index in [-0.39, 0.29) is 0 Å². The van der Waals surface area contributed by atoms with Crippen molar-refractivity contribution in [2.45, 2.75) is 13.3 Å².